The molecule has 0 radical (unpaired) electrons. The molecule has 5 rings (SSSR count). The molecule has 1 N–H and O–H groups in total. The van der Waals surface area contributed by atoms with Crippen molar-refractivity contribution in [3.63, 3.8) is 0 Å². The molecule has 1 heterocycles. The number of halogens is 3. The summed E-state index contributed by atoms with van der Waals surface area (Å²) in [4.78, 5) is 12.4. The highest BCUT2D eigenvalue weighted by molar-refractivity contribution is 6.77. The summed E-state index contributed by atoms with van der Waals surface area (Å²) < 4.78 is 3.89. The zero-order valence-corrected chi connectivity index (χ0v) is 20.3. The molecule has 0 amide bonds. The van der Waals surface area contributed by atoms with Crippen molar-refractivity contribution in [1.29, 1.82) is 0 Å². The van der Waals surface area contributed by atoms with Crippen molar-refractivity contribution >= 4 is 40.6 Å². The molecule has 6 heteroatoms. The Hall–Kier alpha value is -0.660. The van der Waals surface area contributed by atoms with Gasteiger partial charge in [-0.2, -0.15) is 0 Å². The highest BCUT2D eigenvalue weighted by Gasteiger charge is 2.64. The molecule has 0 aromatic carbocycles. The molecule has 3 fully saturated rings. The molecule has 168 valence electrons. The topological polar surface area (TPSA) is 50.4 Å². The fourth-order valence-electron chi connectivity index (χ4n) is 8.07. The van der Waals surface area contributed by atoms with Crippen LogP contribution in [0.25, 0.3) is 0 Å². The van der Waals surface area contributed by atoms with Crippen molar-refractivity contribution in [2.45, 2.75) is 74.6 Å². The van der Waals surface area contributed by atoms with E-state index >= 15 is 0 Å². The van der Waals surface area contributed by atoms with Crippen LogP contribution >= 0.6 is 34.8 Å². The Morgan fingerprint density at radius 1 is 1.19 bits per heavy atom. The molecule has 3 nitrogen and oxygen atoms in total. The standard InChI is InChI=1S/C25H29Cl3O3/c1-4-24(30)10-8-18-16-6-5-15-12-19-14(11-20(31-19)21(29)25(26,27)28)13-22(15,2)17(16)7-9-23(18,24)3/h1,11,15-18,30H,5-10,12-13H2,2-3H3/t15-,16+,17-,18-,22-,23-,24-/m0/s1. The molecule has 1 aromatic heterocycles. The van der Waals surface area contributed by atoms with Gasteiger partial charge in [0.1, 0.15) is 11.4 Å². The van der Waals surface area contributed by atoms with Crippen LogP contribution in [0.3, 0.4) is 0 Å². The van der Waals surface area contributed by atoms with Crippen LogP contribution in [-0.2, 0) is 12.8 Å². The van der Waals surface area contributed by atoms with E-state index in [1.54, 1.807) is 6.07 Å². The van der Waals surface area contributed by atoms with Gasteiger partial charge in [-0.3, -0.25) is 4.79 Å². The van der Waals surface area contributed by atoms with Gasteiger partial charge in [-0.15, -0.1) is 6.42 Å². The molecule has 7 atom stereocenters. The van der Waals surface area contributed by atoms with E-state index in [4.69, 9.17) is 45.6 Å². The van der Waals surface area contributed by atoms with Crippen molar-refractivity contribution in [3.8, 4) is 12.3 Å². The number of furan rings is 1. The molecule has 4 aliphatic carbocycles. The summed E-state index contributed by atoms with van der Waals surface area (Å²) >= 11 is 17.4. The second-order valence-electron chi connectivity index (χ2n) is 10.9. The normalized spacial score (nSPS) is 43.9. The molecular formula is C25H29Cl3O3. The highest BCUT2D eigenvalue weighted by atomic mass is 35.6. The van der Waals surface area contributed by atoms with Crippen LogP contribution in [0.4, 0.5) is 0 Å². The maximum atomic E-state index is 12.4. The van der Waals surface area contributed by atoms with Gasteiger partial charge in [0.25, 0.3) is 3.79 Å². The second kappa shape index (κ2) is 6.92. The second-order valence-corrected chi connectivity index (χ2v) is 13.2. The summed E-state index contributed by atoms with van der Waals surface area (Å²) in [5.74, 6) is 5.33. The average Bonchev–Trinajstić information content (AvgIpc) is 3.22. The van der Waals surface area contributed by atoms with Gasteiger partial charge >= 0.3 is 0 Å². The number of hydrogen-bond acceptors (Lipinski definition) is 3. The lowest BCUT2D eigenvalue weighted by Crippen LogP contribution is -2.56. The minimum Gasteiger partial charge on any atom is -0.457 e. The molecule has 31 heavy (non-hydrogen) atoms. The van der Waals surface area contributed by atoms with Gasteiger partial charge in [-0.25, -0.2) is 0 Å². The van der Waals surface area contributed by atoms with E-state index in [1.165, 1.54) is 6.42 Å². The van der Waals surface area contributed by atoms with Gasteiger partial charge in [0, 0.05) is 11.8 Å². The first-order chi connectivity index (χ1) is 14.4. The first-order valence-electron chi connectivity index (χ1n) is 11.4. The molecule has 0 aliphatic heterocycles. The van der Waals surface area contributed by atoms with Crippen molar-refractivity contribution in [2.24, 2.45) is 34.5 Å². The first-order valence-corrected chi connectivity index (χ1v) is 12.5. The minimum absolute atomic E-state index is 0.137. The molecule has 1 aromatic rings. The van der Waals surface area contributed by atoms with Gasteiger partial charge in [0.2, 0.25) is 5.78 Å². The summed E-state index contributed by atoms with van der Waals surface area (Å²) in [7, 11) is 0. The Morgan fingerprint density at radius 2 is 1.90 bits per heavy atom. The number of carbonyl (C=O) groups is 1. The Balaban J connectivity index is 1.45. The SMILES string of the molecule is C#C[C@]1(O)CC[C@H]2[C@@H]3CC[C@H]4Cc5oc(C(=O)C(Cl)(Cl)Cl)cc5C[C@]4(C)[C@H]3CC[C@@]21C. The monoisotopic (exact) mass is 482 g/mol. The third-order valence-corrected chi connectivity index (χ3v) is 10.4. The molecule has 0 unspecified atom stereocenters. The summed E-state index contributed by atoms with van der Waals surface area (Å²) in [6, 6.07) is 1.80. The number of ketones is 1. The molecule has 3 saturated carbocycles. The fourth-order valence-corrected chi connectivity index (χ4v) is 8.35. The largest absolute Gasteiger partial charge is 0.457 e. The zero-order chi connectivity index (χ0) is 22.4. The third kappa shape index (κ3) is 3.01. The van der Waals surface area contributed by atoms with Crippen LogP contribution in [0, 0.1) is 46.8 Å². The number of fused-ring (bicyclic) bond motifs is 6. The summed E-state index contributed by atoms with van der Waals surface area (Å²) in [6.07, 6.45) is 13.6. The van der Waals surface area contributed by atoms with E-state index in [2.05, 4.69) is 19.8 Å². The van der Waals surface area contributed by atoms with E-state index in [1.807, 2.05) is 0 Å². The van der Waals surface area contributed by atoms with Gasteiger partial charge in [0.05, 0.1) is 0 Å². The van der Waals surface area contributed by atoms with Gasteiger partial charge in [-0.1, -0.05) is 54.6 Å². The Kier molecular flexibility index (Phi) is 4.95. The lowest BCUT2D eigenvalue weighted by molar-refractivity contribution is -0.128. The number of carbonyl (C=O) groups excluding carboxylic acids is 1. The number of hydrogen-bond donors (Lipinski definition) is 1. The number of alkyl halides is 3. The van der Waals surface area contributed by atoms with Crippen LogP contribution in [-0.4, -0.2) is 20.3 Å². The predicted octanol–water partition coefficient (Wildman–Crippen LogP) is 6.15. The molecule has 4 aliphatic rings. The van der Waals surface area contributed by atoms with Crippen LogP contribution < -0.4 is 0 Å². The van der Waals surface area contributed by atoms with Crippen LogP contribution in [0.2, 0.25) is 0 Å². The first kappa shape index (κ1) is 22.1. The lowest BCUT2D eigenvalue weighted by Gasteiger charge is -2.60. The highest BCUT2D eigenvalue weighted by Crippen LogP contribution is 2.67. The van der Waals surface area contributed by atoms with Crippen molar-refractivity contribution in [1.82, 2.24) is 0 Å². The Bertz CT molecular complexity index is 972. The molecular weight excluding hydrogens is 455 g/mol. The van der Waals surface area contributed by atoms with E-state index < -0.39 is 15.2 Å². The van der Waals surface area contributed by atoms with Crippen LogP contribution in [0.5, 0.6) is 0 Å². The van der Waals surface area contributed by atoms with Gasteiger partial charge in [-0.05, 0) is 85.7 Å². The maximum Gasteiger partial charge on any atom is 0.256 e. The zero-order valence-electron chi connectivity index (χ0n) is 18.0. The summed E-state index contributed by atoms with van der Waals surface area (Å²) in [5, 5.41) is 11.2. The van der Waals surface area contributed by atoms with Crippen molar-refractivity contribution < 1.29 is 14.3 Å². The molecule has 0 spiro atoms. The number of terminal acetylenes is 1. The van der Waals surface area contributed by atoms with E-state index in [0.717, 1.165) is 49.8 Å². The Labute approximate surface area is 199 Å². The summed E-state index contributed by atoms with van der Waals surface area (Å²) in [5.41, 5.74) is 0.0536. The van der Waals surface area contributed by atoms with E-state index in [0.29, 0.717) is 30.1 Å². The van der Waals surface area contributed by atoms with Gasteiger partial charge in [0.15, 0.2) is 5.76 Å². The maximum absolute atomic E-state index is 12.4. The van der Waals surface area contributed by atoms with Gasteiger partial charge < -0.3 is 9.52 Å². The van der Waals surface area contributed by atoms with Crippen LogP contribution in [0.1, 0.15) is 74.3 Å². The predicted molar refractivity (Wildman–Crippen MR) is 122 cm³/mol. The minimum atomic E-state index is -2.01. The number of aliphatic hydroxyl groups is 1. The smallest absolute Gasteiger partial charge is 0.256 e. The fraction of sp³-hybridized carbons (Fsp3) is 0.720. The Morgan fingerprint density at radius 3 is 2.58 bits per heavy atom. The molecule has 0 bridgehead atoms. The molecule has 0 saturated heterocycles. The van der Waals surface area contributed by atoms with E-state index in [-0.39, 0.29) is 16.6 Å². The number of Topliss-reactive ketones (excluding diaryl/α,β-unsaturated/α-hetero) is 1. The van der Waals surface area contributed by atoms with Crippen LogP contribution in [0.15, 0.2) is 10.5 Å². The average molecular weight is 484 g/mol. The lowest BCUT2D eigenvalue weighted by atomic mass is 9.44. The number of rotatable bonds is 1. The van der Waals surface area contributed by atoms with Crippen molar-refractivity contribution in [2.75, 3.05) is 0 Å². The van der Waals surface area contributed by atoms with Crippen molar-refractivity contribution in [3.05, 3.63) is 23.2 Å². The quantitative estimate of drug-likeness (QED) is 0.296. The van der Waals surface area contributed by atoms with E-state index in [9.17, 15) is 9.90 Å². The third-order valence-electron chi connectivity index (χ3n) is 9.84. The summed E-state index contributed by atoms with van der Waals surface area (Å²) in [6.45, 7) is 4.64.